The zero-order chi connectivity index (χ0) is 18.5. The highest BCUT2D eigenvalue weighted by Crippen LogP contribution is 2.25. The van der Waals surface area contributed by atoms with Crippen molar-refractivity contribution in [2.24, 2.45) is 5.92 Å². The van der Waals surface area contributed by atoms with Gasteiger partial charge in [-0.25, -0.2) is 4.39 Å². The van der Waals surface area contributed by atoms with Crippen molar-refractivity contribution in [2.45, 2.75) is 38.7 Å². The number of aliphatic hydroxyl groups is 1. The van der Waals surface area contributed by atoms with Gasteiger partial charge in [-0.2, -0.15) is 0 Å². The first-order chi connectivity index (χ1) is 12.5. The van der Waals surface area contributed by atoms with Crippen LogP contribution in [0.2, 0.25) is 0 Å². The summed E-state index contributed by atoms with van der Waals surface area (Å²) in [6.07, 6.45) is 2.75. The van der Waals surface area contributed by atoms with Gasteiger partial charge in [0.05, 0.1) is 11.7 Å². The van der Waals surface area contributed by atoms with Crippen molar-refractivity contribution >= 4 is 5.91 Å². The van der Waals surface area contributed by atoms with Gasteiger partial charge in [-0.3, -0.25) is 4.79 Å². The van der Waals surface area contributed by atoms with E-state index in [-0.39, 0.29) is 23.5 Å². The second-order valence-corrected chi connectivity index (χ2v) is 7.20. The molecular weight excluding hydrogens is 329 g/mol. The molecule has 0 radical (unpaired) electrons. The molecule has 1 fully saturated rings. The molecular formula is C22H26FNO2. The van der Waals surface area contributed by atoms with E-state index in [9.17, 15) is 14.3 Å². The highest BCUT2D eigenvalue weighted by molar-refractivity contribution is 5.94. The summed E-state index contributed by atoms with van der Waals surface area (Å²) in [6.45, 7) is 2.94. The van der Waals surface area contributed by atoms with Crippen LogP contribution < -0.4 is 0 Å². The monoisotopic (exact) mass is 355 g/mol. The van der Waals surface area contributed by atoms with Crippen molar-refractivity contribution < 1.29 is 14.3 Å². The number of hydrogen-bond acceptors (Lipinski definition) is 2. The number of nitrogens with zero attached hydrogens (tertiary/aromatic N) is 1. The Hall–Kier alpha value is -2.20. The van der Waals surface area contributed by atoms with Crippen LogP contribution >= 0.6 is 0 Å². The van der Waals surface area contributed by atoms with Crippen molar-refractivity contribution in [3.05, 3.63) is 71.0 Å². The average Bonchev–Trinajstić information content (AvgIpc) is 2.66. The summed E-state index contributed by atoms with van der Waals surface area (Å²) in [7, 11) is 0. The number of hydrogen-bond donors (Lipinski definition) is 1. The minimum absolute atomic E-state index is 0.138. The average molecular weight is 355 g/mol. The molecule has 3 rings (SSSR count). The summed E-state index contributed by atoms with van der Waals surface area (Å²) in [6, 6.07) is 14.9. The van der Waals surface area contributed by atoms with Crippen LogP contribution in [0.25, 0.3) is 0 Å². The number of carbonyl (C=O) groups excluding carboxylic acids is 1. The molecule has 3 nitrogen and oxygen atoms in total. The van der Waals surface area contributed by atoms with Gasteiger partial charge in [0.25, 0.3) is 5.91 Å². The number of rotatable bonds is 5. The molecule has 0 bridgehead atoms. The molecule has 26 heavy (non-hydrogen) atoms. The molecule has 1 amide bonds. The van der Waals surface area contributed by atoms with Crippen molar-refractivity contribution in [2.75, 3.05) is 13.1 Å². The zero-order valence-electron chi connectivity index (χ0n) is 15.2. The lowest BCUT2D eigenvalue weighted by molar-refractivity contribution is 0.0434. The molecule has 0 saturated carbocycles. The number of carbonyl (C=O) groups is 1. The predicted octanol–water partition coefficient (Wildman–Crippen LogP) is 3.98. The number of benzene rings is 2. The number of aryl methyl sites for hydroxylation is 2. The van der Waals surface area contributed by atoms with Crippen LogP contribution in [-0.4, -0.2) is 35.1 Å². The van der Waals surface area contributed by atoms with Crippen molar-refractivity contribution in [3.63, 3.8) is 0 Å². The Labute approximate surface area is 154 Å². The molecule has 1 aliphatic heterocycles. The third-order valence-electron chi connectivity index (χ3n) is 5.30. The Morgan fingerprint density at radius 1 is 1.19 bits per heavy atom. The molecule has 0 aliphatic carbocycles. The maximum absolute atomic E-state index is 14.0. The summed E-state index contributed by atoms with van der Waals surface area (Å²) < 4.78 is 14.0. The Morgan fingerprint density at radius 3 is 2.54 bits per heavy atom. The molecule has 2 aromatic rings. The predicted molar refractivity (Wildman–Crippen MR) is 101 cm³/mol. The maximum atomic E-state index is 14.0. The lowest BCUT2D eigenvalue weighted by Crippen LogP contribution is -2.41. The zero-order valence-corrected chi connectivity index (χ0v) is 15.2. The molecule has 0 spiro atoms. The molecule has 1 atom stereocenters. The van der Waals surface area contributed by atoms with Crippen LogP contribution in [0.4, 0.5) is 4.39 Å². The summed E-state index contributed by atoms with van der Waals surface area (Å²) >= 11 is 0. The normalized spacial score (nSPS) is 16.5. The van der Waals surface area contributed by atoms with E-state index in [4.69, 9.17) is 0 Å². The molecule has 1 heterocycles. The third-order valence-corrected chi connectivity index (χ3v) is 5.30. The van der Waals surface area contributed by atoms with Crippen molar-refractivity contribution in [3.8, 4) is 0 Å². The van der Waals surface area contributed by atoms with Gasteiger partial charge >= 0.3 is 0 Å². The second-order valence-electron chi connectivity index (χ2n) is 7.20. The topological polar surface area (TPSA) is 40.5 Å². The van der Waals surface area contributed by atoms with Crippen LogP contribution in [-0.2, 0) is 6.42 Å². The molecule has 1 aliphatic rings. The highest BCUT2D eigenvalue weighted by Gasteiger charge is 2.28. The number of aliphatic hydroxyl groups excluding tert-OH is 1. The van der Waals surface area contributed by atoms with Crippen LogP contribution in [0.1, 0.15) is 40.7 Å². The van der Waals surface area contributed by atoms with Gasteiger partial charge in [0.2, 0.25) is 0 Å². The molecule has 0 unspecified atom stereocenters. The second kappa shape index (κ2) is 8.45. The van der Waals surface area contributed by atoms with E-state index in [1.54, 1.807) is 24.0 Å². The fraction of sp³-hybridized carbons (Fsp3) is 0.409. The maximum Gasteiger partial charge on any atom is 0.256 e. The van der Waals surface area contributed by atoms with E-state index in [2.05, 4.69) is 12.1 Å². The van der Waals surface area contributed by atoms with Crippen LogP contribution in [0.15, 0.2) is 48.5 Å². The molecule has 1 saturated heterocycles. The number of amides is 1. The quantitative estimate of drug-likeness (QED) is 0.881. The van der Waals surface area contributed by atoms with Gasteiger partial charge < -0.3 is 10.0 Å². The van der Waals surface area contributed by atoms with Gasteiger partial charge in [-0.05, 0) is 61.8 Å². The van der Waals surface area contributed by atoms with Crippen LogP contribution in [0.5, 0.6) is 0 Å². The SMILES string of the molecule is Cc1ccc(C(=O)N2CCC([C@H](O)CCc3ccccc3)CC2)c(F)c1. The summed E-state index contributed by atoms with van der Waals surface area (Å²) in [4.78, 5) is 14.2. The van der Waals surface area contributed by atoms with E-state index in [0.29, 0.717) is 13.1 Å². The Balaban J connectivity index is 1.51. The Morgan fingerprint density at radius 2 is 1.88 bits per heavy atom. The summed E-state index contributed by atoms with van der Waals surface area (Å²) in [5, 5.41) is 10.5. The lowest BCUT2D eigenvalue weighted by Gasteiger charge is -2.34. The minimum Gasteiger partial charge on any atom is -0.393 e. The van der Waals surface area contributed by atoms with E-state index in [0.717, 1.165) is 31.2 Å². The van der Waals surface area contributed by atoms with E-state index in [1.165, 1.54) is 11.6 Å². The largest absolute Gasteiger partial charge is 0.393 e. The number of halogens is 1. The lowest BCUT2D eigenvalue weighted by atomic mass is 9.88. The van der Waals surface area contributed by atoms with Gasteiger partial charge in [-0.15, -0.1) is 0 Å². The van der Waals surface area contributed by atoms with Crippen molar-refractivity contribution in [1.29, 1.82) is 0 Å². The van der Waals surface area contributed by atoms with Crippen LogP contribution in [0, 0.1) is 18.7 Å². The highest BCUT2D eigenvalue weighted by atomic mass is 19.1. The standard InChI is InChI=1S/C22H26FNO2/c1-16-7-9-19(20(23)15-16)22(26)24-13-11-18(12-14-24)21(25)10-8-17-5-3-2-4-6-17/h2-7,9,15,18,21,25H,8,10-14H2,1H3/t21-/m1/s1. The van der Waals surface area contributed by atoms with Gasteiger partial charge in [0.1, 0.15) is 5.82 Å². The van der Waals surface area contributed by atoms with E-state index >= 15 is 0 Å². The molecule has 138 valence electrons. The molecule has 1 N–H and O–H groups in total. The number of likely N-dealkylation sites (tertiary alicyclic amines) is 1. The fourth-order valence-corrected chi connectivity index (χ4v) is 3.65. The summed E-state index contributed by atoms with van der Waals surface area (Å²) in [5.41, 5.74) is 2.17. The van der Waals surface area contributed by atoms with Crippen molar-refractivity contribution in [1.82, 2.24) is 4.90 Å². The third kappa shape index (κ3) is 4.50. The Bertz CT molecular complexity index is 739. The smallest absolute Gasteiger partial charge is 0.256 e. The molecule has 2 aromatic carbocycles. The van der Waals surface area contributed by atoms with Gasteiger partial charge in [0.15, 0.2) is 0 Å². The van der Waals surface area contributed by atoms with Gasteiger partial charge in [-0.1, -0.05) is 36.4 Å². The number of piperidine rings is 1. The van der Waals surface area contributed by atoms with E-state index in [1.807, 2.05) is 18.2 Å². The first kappa shape index (κ1) is 18.6. The minimum atomic E-state index is -0.458. The van der Waals surface area contributed by atoms with E-state index < -0.39 is 5.82 Å². The summed E-state index contributed by atoms with van der Waals surface area (Å²) in [5.74, 6) is -0.509. The molecule has 4 heteroatoms. The first-order valence-corrected chi connectivity index (χ1v) is 9.32. The molecule has 0 aromatic heterocycles. The first-order valence-electron chi connectivity index (χ1n) is 9.32. The Kier molecular flexibility index (Phi) is 6.04. The fourth-order valence-electron chi connectivity index (χ4n) is 3.65. The van der Waals surface area contributed by atoms with Gasteiger partial charge in [0, 0.05) is 13.1 Å². The van der Waals surface area contributed by atoms with Crippen LogP contribution in [0.3, 0.4) is 0 Å².